The van der Waals surface area contributed by atoms with Crippen LogP contribution in [0.1, 0.15) is 0 Å². The number of halogens is 4. The zero-order chi connectivity index (χ0) is 14.8. The smallest absolute Gasteiger partial charge is 0.480 e. The molecule has 0 atom stereocenters. The molecule has 1 N–H and O–H groups in total. The lowest BCUT2D eigenvalue weighted by atomic mass is 10.3. The number of alkyl halides is 3. The summed E-state index contributed by atoms with van der Waals surface area (Å²) in [6, 6.07) is 4.73. The number of anilines is 1. The summed E-state index contributed by atoms with van der Waals surface area (Å²) in [5.41, 5.74) is -5.96. The molecule has 0 saturated carbocycles. The molecule has 0 spiro atoms. The molecule has 0 aliphatic rings. The normalized spacial score (nSPS) is 12.2. The minimum absolute atomic E-state index is 0.207. The van der Waals surface area contributed by atoms with Crippen molar-refractivity contribution >= 4 is 37.6 Å². The van der Waals surface area contributed by atoms with Crippen LogP contribution in [0.15, 0.2) is 28.7 Å². The topological polar surface area (TPSA) is 74.7 Å². The van der Waals surface area contributed by atoms with Crippen LogP contribution in [0.3, 0.4) is 0 Å². The van der Waals surface area contributed by atoms with Gasteiger partial charge in [-0.05, 0) is 24.3 Å². The van der Waals surface area contributed by atoms with Crippen molar-refractivity contribution in [3.63, 3.8) is 0 Å². The molecule has 1 rings (SSSR count). The zero-order valence-corrected chi connectivity index (χ0v) is 11.5. The van der Waals surface area contributed by atoms with Crippen molar-refractivity contribution in [1.29, 1.82) is 0 Å². The van der Waals surface area contributed by atoms with Gasteiger partial charge in [0.05, 0.1) is 5.69 Å². The monoisotopic (exact) mass is 361 g/mol. The second-order valence-corrected chi connectivity index (χ2v) is 6.10. The lowest BCUT2D eigenvalue weighted by Crippen LogP contribution is -2.43. The van der Waals surface area contributed by atoms with Crippen molar-refractivity contribution < 1.29 is 31.5 Å². The largest absolute Gasteiger partial charge is 0.516 e. The highest BCUT2D eigenvalue weighted by Crippen LogP contribution is 2.31. The maximum atomic E-state index is 12.5. The third kappa shape index (κ3) is 3.60. The Labute approximate surface area is 114 Å². The number of aliphatic carboxylic acids is 1. The Balaban J connectivity index is 3.31. The Morgan fingerprint density at radius 1 is 1.26 bits per heavy atom. The van der Waals surface area contributed by atoms with Gasteiger partial charge in [0, 0.05) is 4.47 Å². The Bertz CT molecular complexity index is 570. The molecule has 0 aliphatic heterocycles. The van der Waals surface area contributed by atoms with Crippen LogP contribution in [0.25, 0.3) is 0 Å². The van der Waals surface area contributed by atoms with E-state index in [1.54, 1.807) is 0 Å². The third-order valence-corrected chi connectivity index (χ3v) is 4.01. The molecule has 5 nitrogen and oxygen atoms in total. The number of nitrogens with zero attached hydrogens (tertiary/aromatic N) is 1. The first-order valence-corrected chi connectivity index (χ1v) is 6.85. The minimum Gasteiger partial charge on any atom is -0.480 e. The quantitative estimate of drug-likeness (QED) is 0.891. The van der Waals surface area contributed by atoms with Gasteiger partial charge in [-0.1, -0.05) is 15.9 Å². The van der Waals surface area contributed by atoms with Gasteiger partial charge in [0.2, 0.25) is 0 Å². The first kappa shape index (κ1) is 15.8. The van der Waals surface area contributed by atoms with Crippen LogP contribution >= 0.6 is 15.9 Å². The van der Waals surface area contributed by atoms with Gasteiger partial charge in [0.15, 0.2) is 0 Å². The predicted molar refractivity (Wildman–Crippen MR) is 64.1 cm³/mol. The lowest BCUT2D eigenvalue weighted by Gasteiger charge is -2.23. The maximum absolute atomic E-state index is 12.5. The average Bonchev–Trinajstić information content (AvgIpc) is 2.25. The molecule has 0 radical (unpaired) electrons. The summed E-state index contributed by atoms with van der Waals surface area (Å²) in [6.07, 6.45) is 0. The number of carbonyl (C=O) groups is 1. The highest BCUT2D eigenvalue weighted by atomic mass is 79.9. The van der Waals surface area contributed by atoms with Gasteiger partial charge >= 0.3 is 21.5 Å². The van der Waals surface area contributed by atoms with E-state index in [1.807, 2.05) is 0 Å². The first-order chi connectivity index (χ1) is 8.55. The van der Waals surface area contributed by atoms with E-state index >= 15 is 0 Å². The Kier molecular flexibility index (Phi) is 4.46. The fraction of sp³-hybridized carbons (Fsp3) is 0.222. The van der Waals surface area contributed by atoms with Crippen LogP contribution in [0.4, 0.5) is 18.9 Å². The second-order valence-electron chi connectivity index (χ2n) is 3.33. The molecule has 106 valence electrons. The molecule has 0 aliphatic carbocycles. The molecule has 1 aromatic carbocycles. The fourth-order valence-electron chi connectivity index (χ4n) is 1.17. The van der Waals surface area contributed by atoms with Crippen LogP contribution in [0.2, 0.25) is 0 Å². The molecular formula is C9H7BrF3NO4S. The summed E-state index contributed by atoms with van der Waals surface area (Å²) in [6.45, 7) is -1.32. The van der Waals surface area contributed by atoms with Crippen molar-refractivity contribution in [2.45, 2.75) is 5.51 Å². The SMILES string of the molecule is O=C(O)CN(c1ccc(Br)cc1)S(=O)(=O)C(F)(F)F. The zero-order valence-electron chi connectivity index (χ0n) is 9.06. The van der Waals surface area contributed by atoms with Crippen molar-refractivity contribution in [1.82, 2.24) is 0 Å². The van der Waals surface area contributed by atoms with E-state index in [0.29, 0.717) is 4.47 Å². The standard InChI is InChI=1S/C9H7BrF3NO4S/c10-6-1-3-7(4-2-6)14(5-8(15)16)19(17,18)9(11,12)13/h1-4H,5H2,(H,15,16). The van der Waals surface area contributed by atoms with Gasteiger partial charge in [-0.3, -0.25) is 9.10 Å². The minimum atomic E-state index is -5.76. The van der Waals surface area contributed by atoms with Crippen LogP contribution < -0.4 is 4.31 Å². The van der Waals surface area contributed by atoms with Gasteiger partial charge in [0.1, 0.15) is 6.54 Å². The molecule has 0 fully saturated rings. The second kappa shape index (κ2) is 5.37. The summed E-state index contributed by atoms with van der Waals surface area (Å²) in [4.78, 5) is 10.5. The van der Waals surface area contributed by atoms with Gasteiger partial charge in [0.25, 0.3) is 0 Å². The molecule has 1 aromatic rings. The molecule has 19 heavy (non-hydrogen) atoms. The van der Waals surface area contributed by atoms with Crippen LogP contribution in [-0.2, 0) is 14.8 Å². The first-order valence-electron chi connectivity index (χ1n) is 4.62. The number of hydrogen-bond acceptors (Lipinski definition) is 3. The average molecular weight is 362 g/mol. The van der Waals surface area contributed by atoms with Crippen molar-refractivity contribution in [2.75, 3.05) is 10.8 Å². The summed E-state index contributed by atoms with van der Waals surface area (Å²) >= 11 is 3.03. The van der Waals surface area contributed by atoms with E-state index in [2.05, 4.69) is 15.9 Å². The number of rotatable bonds is 4. The number of hydrogen-bond donors (Lipinski definition) is 1. The Morgan fingerprint density at radius 3 is 2.11 bits per heavy atom. The van der Waals surface area contributed by atoms with E-state index in [0.717, 1.165) is 12.1 Å². The highest BCUT2D eigenvalue weighted by Gasteiger charge is 2.50. The van der Waals surface area contributed by atoms with Crippen molar-refractivity contribution in [3.8, 4) is 0 Å². The van der Waals surface area contributed by atoms with Gasteiger partial charge in [-0.25, -0.2) is 0 Å². The highest BCUT2D eigenvalue weighted by molar-refractivity contribution is 9.10. The number of sulfonamides is 1. The van der Waals surface area contributed by atoms with Crippen molar-refractivity contribution in [3.05, 3.63) is 28.7 Å². The van der Waals surface area contributed by atoms with Gasteiger partial charge < -0.3 is 5.11 Å². The predicted octanol–water partition coefficient (Wildman–Crippen LogP) is 2.19. The fourth-order valence-corrected chi connectivity index (χ4v) is 2.36. The number of carboxylic acids is 1. The molecule has 0 amide bonds. The summed E-state index contributed by atoms with van der Waals surface area (Å²) in [5.74, 6) is -1.70. The number of benzene rings is 1. The molecule has 0 heterocycles. The maximum Gasteiger partial charge on any atom is 0.516 e. The summed E-state index contributed by atoms with van der Waals surface area (Å²) in [7, 11) is -5.76. The van der Waals surface area contributed by atoms with Crippen LogP contribution in [0.5, 0.6) is 0 Å². The van der Waals surface area contributed by atoms with E-state index in [1.165, 1.54) is 12.1 Å². The van der Waals surface area contributed by atoms with Gasteiger partial charge in [-0.15, -0.1) is 0 Å². The molecule has 0 bridgehead atoms. The molecule has 0 saturated heterocycles. The van der Waals surface area contributed by atoms with Crippen LogP contribution in [0, 0.1) is 0 Å². The van der Waals surface area contributed by atoms with Gasteiger partial charge in [-0.2, -0.15) is 21.6 Å². The van der Waals surface area contributed by atoms with Crippen LogP contribution in [-0.4, -0.2) is 31.5 Å². The Hall–Kier alpha value is -1.29. The van der Waals surface area contributed by atoms with E-state index < -0.39 is 28.0 Å². The Morgan fingerprint density at radius 2 is 1.74 bits per heavy atom. The molecule has 0 aromatic heterocycles. The lowest BCUT2D eigenvalue weighted by molar-refractivity contribution is -0.135. The van der Waals surface area contributed by atoms with Crippen molar-refractivity contribution in [2.24, 2.45) is 0 Å². The summed E-state index contributed by atoms with van der Waals surface area (Å²) < 4.78 is 60.3. The molecule has 10 heteroatoms. The molecule has 0 unspecified atom stereocenters. The van der Waals surface area contributed by atoms with E-state index in [4.69, 9.17) is 5.11 Å². The van der Waals surface area contributed by atoms with E-state index in [-0.39, 0.29) is 9.99 Å². The third-order valence-electron chi connectivity index (χ3n) is 1.98. The molecular weight excluding hydrogens is 355 g/mol. The summed E-state index contributed by atoms with van der Waals surface area (Å²) in [5, 5.41) is 8.55. The van der Waals surface area contributed by atoms with E-state index in [9.17, 15) is 26.4 Å². The number of carboxylic acid groups (broad SMARTS) is 1.